The Morgan fingerprint density at radius 1 is 1.12 bits per heavy atom. The third-order valence-corrected chi connectivity index (χ3v) is 5.19. The van der Waals surface area contributed by atoms with Crippen LogP contribution in [0.4, 0.5) is 0 Å². The predicted octanol–water partition coefficient (Wildman–Crippen LogP) is 5.07. The molecule has 0 spiro atoms. The third kappa shape index (κ3) is 3.53. The number of allylic oxidation sites excluding steroid dienone is 2. The number of aryl methyl sites for hydroxylation is 3. The van der Waals surface area contributed by atoms with Crippen LogP contribution >= 0.6 is 0 Å². The van der Waals surface area contributed by atoms with E-state index in [1.807, 2.05) is 18.2 Å². The fourth-order valence-corrected chi connectivity index (χ4v) is 3.69. The summed E-state index contributed by atoms with van der Waals surface area (Å²) in [5.74, 6) is 0.0173. The van der Waals surface area contributed by atoms with Crippen LogP contribution in [0.5, 0.6) is 0 Å². The van der Waals surface area contributed by atoms with Gasteiger partial charge in [0.2, 0.25) is 0 Å². The van der Waals surface area contributed by atoms with E-state index in [4.69, 9.17) is 5.73 Å². The van der Waals surface area contributed by atoms with Gasteiger partial charge in [-0.3, -0.25) is 4.79 Å². The Bertz CT molecular complexity index is 832. The summed E-state index contributed by atoms with van der Waals surface area (Å²) in [5, 5.41) is 0. The van der Waals surface area contributed by atoms with Crippen LogP contribution in [0.1, 0.15) is 59.9 Å². The van der Waals surface area contributed by atoms with Crippen molar-refractivity contribution in [3.05, 3.63) is 76.0 Å². The number of rotatable bonds is 5. The largest absolute Gasteiger partial charge is 0.401 e. The Morgan fingerprint density at radius 2 is 1.92 bits per heavy atom. The first-order valence-corrected chi connectivity index (χ1v) is 9.20. The van der Waals surface area contributed by atoms with Crippen molar-refractivity contribution >= 4 is 11.4 Å². The molecule has 0 saturated carbocycles. The lowest BCUT2D eigenvalue weighted by Gasteiger charge is -2.12. The van der Waals surface area contributed by atoms with Crippen LogP contribution in [0.15, 0.2) is 48.2 Å². The highest BCUT2D eigenvalue weighted by Gasteiger charge is 2.33. The van der Waals surface area contributed by atoms with Gasteiger partial charge in [-0.05, 0) is 48.9 Å². The molecule has 0 aromatic heterocycles. The summed E-state index contributed by atoms with van der Waals surface area (Å²) in [7, 11) is 0. The van der Waals surface area contributed by atoms with Gasteiger partial charge >= 0.3 is 0 Å². The molecule has 1 unspecified atom stereocenters. The molecule has 0 fully saturated rings. The topological polar surface area (TPSA) is 43.1 Å². The number of hydrogen-bond donors (Lipinski definition) is 1. The summed E-state index contributed by atoms with van der Waals surface area (Å²) >= 11 is 0. The Balaban J connectivity index is 1.92. The van der Waals surface area contributed by atoms with Gasteiger partial charge in [0.05, 0.1) is 5.92 Å². The summed E-state index contributed by atoms with van der Waals surface area (Å²) in [6, 6.07) is 14.5. The molecule has 0 saturated heterocycles. The molecule has 2 N–H and O–H groups in total. The maximum absolute atomic E-state index is 13.1. The van der Waals surface area contributed by atoms with Crippen LogP contribution in [0.2, 0.25) is 0 Å². The summed E-state index contributed by atoms with van der Waals surface area (Å²) in [6.45, 7) is 6.39. The average Bonchev–Trinajstić information content (AvgIpc) is 2.89. The van der Waals surface area contributed by atoms with Crippen molar-refractivity contribution in [3.63, 3.8) is 0 Å². The predicted molar refractivity (Wildman–Crippen MR) is 104 cm³/mol. The van der Waals surface area contributed by atoms with Crippen LogP contribution < -0.4 is 5.73 Å². The molecule has 2 aromatic carbocycles. The monoisotopic (exact) mass is 333 g/mol. The van der Waals surface area contributed by atoms with Gasteiger partial charge in [-0.15, -0.1) is 0 Å². The lowest BCUT2D eigenvalue weighted by molar-refractivity contribution is -0.114. The van der Waals surface area contributed by atoms with E-state index in [0.717, 1.165) is 28.8 Å². The molecule has 0 aliphatic heterocycles. The number of Topliss-reactive ketones (excluding diaryl/α,β-unsaturated/α-hetero) is 1. The fraction of sp³-hybridized carbons (Fsp3) is 0.348. The van der Waals surface area contributed by atoms with E-state index < -0.39 is 0 Å². The minimum absolute atomic E-state index is 0.143. The normalized spacial score (nSPS) is 17.4. The number of nitrogens with two attached hydrogens (primary N) is 1. The van der Waals surface area contributed by atoms with Gasteiger partial charge in [0, 0.05) is 17.7 Å². The molecule has 1 aliphatic carbocycles. The maximum atomic E-state index is 13.1. The Morgan fingerprint density at radius 3 is 2.64 bits per heavy atom. The van der Waals surface area contributed by atoms with E-state index in [0.29, 0.717) is 6.42 Å². The highest BCUT2D eigenvalue weighted by molar-refractivity contribution is 6.26. The molecular weight excluding hydrogens is 306 g/mol. The molecule has 3 rings (SSSR count). The molecule has 0 bridgehead atoms. The second-order valence-corrected chi connectivity index (χ2v) is 7.18. The third-order valence-electron chi connectivity index (χ3n) is 5.19. The van der Waals surface area contributed by atoms with Gasteiger partial charge in [-0.25, -0.2) is 0 Å². The van der Waals surface area contributed by atoms with Crippen molar-refractivity contribution in [1.29, 1.82) is 0 Å². The maximum Gasteiger partial charge on any atom is 0.173 e. The molecule has 130 valence electrons. The first kappa shape index (κ1) is 17.5. The van der Waals surface area contributed by atoms with Crippen molar-refractivity contribution in [2.24, 2.45) is 5.73 Å². The fourth-order valence-electron chi connectivity index (χ4n) is 3.69. The lowest BCUT2D eigenvalue weighted by Crippen LogP contribution is -2.08. The lowest BCUT2D eigenvalue weighted by atomic mass is 9.90. The molecule has 2 heteroatoms. The number of hydrogen-bond acceptors (Lipinski definition) is 2. The van der Waals surface area contributed by atoms with E-state index in [2.05, 4.69) is 45.0 Å². The second kappa shape index (κ2) is 7.26. The Kier molecular flexibility index (Phi) is 5.08. The standard InChI is InChI=1S/C23H27NO/c1-4-5-8-17-13-19(11-10-16(17)3)22-21(24)14-20(23(22)25)18-9-6-7-15(2)12-18/h6-7,9-13,20H,4-5,8,14,24H2,1-3H3. The average molecular weight is 333 g/mol. The smallest absolute Gasteiger partial charge is 0.173 e. The molecule has 0 radical (unpaired) electrons. The Labute approximate surface area is 150 Å². The molecule has 2 aromatic rings. The van der Waals surface area contributed by atoms with E-state index >= 15 is 0 Å². The zero-order chi connectivity index (χ0) is 18.0. The van der Waals surface area contributed by atoms with Gasteiger partial charge in [0.25, 0.3) is 0 Å². The van der Waals surface area contributed by atoms with Crippen molar-refractivity contribution in [3.8, 4) is 0 Å². The molecule has 1 aliphatic rings. The number of unbranched alkanes of at least 4 members (excludes halogenated alkanes) is 1. The van der Waals surface area contributed by atoms with Crippen molar-refractivity contribution in [2.45, 2.75) is 52.4 Å². The Hall–Kier alpha value is -2.35. The quantitative estimate of drug-likeness (QED) is 0.830. The molecule has 2 nitrogen and oxygen atoms in total. The van der Waals surface area contributed by atoms with Gasteiger partial charge < -0.3 is 5.73 Å². The van der Waals surface area contributed by atoms with Crippen LogP contribution in [0.25, 0.3) is 5.57 Å². The summed E-state index contributed by atoms with van der Waals surface area (Å²) < 4.78 is 0. The molecule has 1 atom stereocenters. The zero-order valence-electron chi connectivity index (χ0n) is 15.4. The van der Waals surface area contributed by atoms with Crippen LogP contribution in [0.3, 0.4) is 0 Å². The van der Waals surface area contributed by atoms with E-state index in [1.54, 1.807) is 0 Å². The molecular formula is C23H27NO. The van der Waals surface area contributed by atoms with Crippen LogP contribution in [-0.4, -0.2) is 5.78 Å². The molecule has 0 amide bonds. The molecule has 25 heavy (non-hydrogen) atoms. The second-order valence-electron chi connectivity index (χ2n) is 7.18. The highest BCUT2D eigenvalue weighted by Crippen LogP contribution is 2.39. The van der Waals surface area contributed by atoms with Gasteiger partial charge in [-0.1, -0.05) is 61.4 Å². The number of carbonyl (C=O) groups excluding carboxylic acids is 1. The number of ketones is 1. The van der Waals surface area contributed by atoms with Crippen LogP contribution in [-0.2, 0) is 11.2 Å². The molecule has 0 heterocycles. The minimum atomic E-state index is -0.143. The van der Waals surface area contributed by atoms with E-state index in [9.17, 15) is 4.79 Å². The minimum Gasteiger partial charge on any atom is -0.401 e. The SMILES string of the molecule is CCCCc1cc(C2=C(N)CC(c3cccc(C)c3)C2=O)ccc1C. The van der Waals surface area contributed by atoms with E-state index in [1.165, 1.54) is 29.5 Å². The summed E-state index contributed by atoms with van der Waals surface area (Å²) in [6.07, 6.45) is 4.01. The first-order valence-electron chi connectivity index (χ1n) is 9.20. The van der Waals surface area contributed by atoms with Gasteiger partial charge in [0.15, 0.2) is 5.78 Å². The number of benzene rings is 2. The zero-order valence-corrected chi connectivity index (χ0v) is 15.4. The summed E-state index contributed by atoms with van der Waals surface area (Å²) in [5.41, 5.74) is 13.6. The van der Waals surface area contributed by atoms with E-state index in [-0.39, 0.29) is 11.7 Å². The van der Waals surface area contributed by atoms with Gasteiger partial charge in [-0.2, -0.15) is 0 Å². The van der Waals surface area contributed by atoms with Crippen LogP contribution in [0, 0.1) is 13.8 Å². The van der Waals surface area contributed by atoms with Crippen molar-refractivity contribution in [2.75, 3.05) is 0 Å². The van der Waals surface area contributed by atoms with Crippen molar-refractivity contribution in [1.82, 2.24) is 0 Å². The summed E-state index contributed by atoms with van der Waals surface area (Å²) in [4.78, 5) is 13.1. The number of carbonyl (C=O) groups is 1. The highest BCUT2D eigenvalue weighted by atomic mass is 16.1. The first-order chi connectivity index (χ1) is 12.0. The van der Waals surface area contributed by atoms with Crippen molar-refractivity contribution < 1.29 is 4.79 Å². The van der Waals surface area contributed by atoms with Gasteiger partial charge in [0.1, 0.15) is 0 Å².